The number of carboxylic acids is 2. The van der Waals surface area contributed by atoms with E-state index >= 15 is 0 Å². The van der Waals surface area contributed by atoms with Crippen LogP contribution in [0.25, 0.3) is 0 Å². The van der Waals surface area contributed by atoms with Crippen molar-refractivity contribution in [3.05, 3.63) is 12.2 Å². The summed E-state index contributed by atoms with van der Waals surface area (Å²) in [5.41, 5.74) is 0. The Balaban J connectivity index is -0.000000245. The monoisotopic (exact) mass is 180 g/mol. The summed E-state index contributed by atoms with van der Waals surface area (Å²) in [5, 5.41) is 17.2. The van der Waals surface area contributed by atoms with Crippen LogP contribution in [0.3, 0.4) is 0 Å². The summed E-state index contributed by atoms with van der Waals surface area (Å²) in [4.78, 5) is 19.0. The summed E-state index contributed by atoms with van der Waals surface area (Å²) >= 11 is 0. The van der Waals surface area contributed by atoms with E-state index in [2.05, 4.69) is 0 Å². The predicted octanol–water partition coefficient (Wildman–Crippen LogP) is -1.51. The average Bonchev–Trinajstić information content (AvgIpc) is 1.61. The van der Waals surface area contributed by atoms with Crippen LogP contribution in [-0.2, 0) is 29.1 Å². The minimum absolute atomic E-state index is 0. The van der Waals surface area contributed by atoms with Gasteiger partial charge in [-0.3, -0.25) is 0 Å². The van der Waals surface area contributed by atoms with Crippen LogP contribution >= 0.6 is 0 Å². The molecule has 5 heteroatoms. The Morgan fingerprint density at radius 1 is 1.44 bits per heavy atom. The quantitative estimate of drug-likeness (QED) is 0.415. The molecular formula is C4H4O4Zn. The molecule has 9 heavy (non-hydrogen) atoms. The minimum Gasteiger partial charge on any atom is -0.545 e. The van der Waals surface area contributed by atoms with Crippen molar-refractivity contribution in [1.29, 1.82) is 0 Å². The molecule has 0 saturated heterocycles. The third-order valence-corrected chi connectivity index (χ3v) is 0.362. The molecule has 0 atom stereocenters. The second-order valence-corrected chi connectivity index (χ2v) is 0.991. The van der Waals surface area contributed by atoms with Gasteiger partial charge < -0.3 is 15.0 Å². The summed E-state index contributed by atoms with van der Waals surface area (Å²) in [6.07, 6.45) is 0.942. The van der Waals surface area contributed by atoms with Gasteiger partial charge >= 0.3 is 7.40 Å². The van der Waals surface area contributed by atoms with Gasteiger partial charge in [0.2, 0.25) is 0 Å². The van der Waals surface area contributed by atoms with E-state index < -0.39 is 11.9 Å². The third kappa shape index (κ3) is 11.1. The van der Waals surface area contributed by atoms with Gasteiger partial charge in [0.15, 0.2) is 0 Å². The number of rotatable bonds is 2. The average molecular weight is 181 g/mol. The summed E-state index contributed by atoms with van der Waals surface area (Å²) in [7, 11) is 0. The molecule has 0 spiro atoms. The van der Waals surface area contributed by atoms with E-state index in [1.165, 1.54) is 0 Å². The van der Waals surface area contributed by atoms with Gasteiger partial charge in [-0.15, -0.1) is 0 Å². The van der Waals surface area contributed by atoms with Crippen molar-refractivity contribution in [3.63, 3.8) is 0 Å². The molecule has 46 valence electrons. The topological polar surface area (TPSA) is 77.4 Å². The molecule has 0 aromatic rings. The Morgan fingerprint density at radius 3 is 2.00 bits per heavy atom. The van der Waals surface area contributed by atoms with Crippen LogP contribution in [0.4, 0.5) is 0 Å². The maximum atomic E-state index is 9.53. The standard InChI is InChI=1S/C4H4O4.Zn/c5-3(6)1-2-4(7)8;/h1-2H,(H,5,6)(H,7,8);/b2-1+;. The van der Waals surface area contributed by atoms with Crippen molar-refractivity contribution < 1.29 is 40.7 Å². The Bertz CT molecular complexity index is 128. The zero-order valence-corrected chi connectivity index (χ0v) is 7.50. The molecule has 1 N–H and O–H groups in total. The van der Waals surface area contributed by atoms with Crippen LogP contribution in [0.5, 0.6) is 0 Å². The molecule has 0 unspecified atom stereocenters. The molecule has 0 rings (SSSR count). The van der Waals surface area contributed by atoms with Gasteiger partial charge in [0.25, 0.3) is 0 Å². The molecule has 4 nitrogen and oxygen atoms in total. The van der Waals surface area contributed by atoms with Crippen molar-refractivity contribution in [3.8, 4) is 0 Å². The zero-order chi connectivity index (χ0) is 6.57. The number of hydrogen-bond acceptors (Lipinski definition) is 3. The van der Waals surface area contributed by atoms with E-state index in [-0.39, 0.29) is 20.9 Å². The van der Waals surface area contributed by atoms with Crippen LogP contribution < -0.4 is 5.11 Å². The number of carboxylic acid groups (broad SMARTS) is 2. The van der Waals surface area contributed by atoms with Crippen LogP contribution in [0.1, 0.15) is 1.43 Å². The predicted molar refractivity (Wildman–Crippen MR) is 22.9 cm³/mol. The van der Waals surface area contributed by atoms with Crippen molar-refractivity contribution in [1.82, 2.24) is 0 Å². The fourth-order valence-corrected chi connectivity index (χ4v) is 0.139. The van der Waals surface area contributed by atoms with Gasteiger partial charge in [-0.2, -0.15) is 0 Å². The Hall–Kier alpha value is -0.697. The van der Waals surface area contributed by atoms with Gasteiger partial charge in [-0.25, -0.2) is 4.79 Å². The molecule has 0 aliphatic rings. The molecule has 0 amide bonds. The Labute approximate surface area is 65.4 Å². The Morgan fingerprint density at radius 2 is 1.89 bits per heavy atom. The van der Waals surface area contributed by atoms with Gasteiger partial charge in [0.05, 0.1) is 5.97 Å². The Kier molecular flexibility index (Phi) is 6.74. The normalized spacial score (nSPS) is 8.44. The maximum absolute atomic E-state index is 9.53. The second-order valence-electron chi connectivity index (χ2n) is 0.991. The first-order chi connectivity index (χ1) is 3.63. The first kappa shape index (κ1) is 11.1. The van der Waals surface area contributed by atoms with Crippen LogP contribution in [0.2, 0.25) is 0 Å². The van der Waals surface area contributed by atoms with Crippen LogP contribution in [0.15, 0.2) is 12.2 Å². The van der Waals surface area contributed by atoms with E-state index in [1.54, 1.807) is 0 Å². The van der Waals surface area contributed by atoms with E-state index in [4.69, 9.17) is 5.11 Å². The van der Waals surface area contributed by atoms with Crippen molar-refractivity contribution in [2.45, 2.75) is 0 Å². The number of aliphatic carboxylic acids is 2. The van der Waals surface area contributed by atoms with Crippen molar-refractivity contribution in [2.24, 2.45) is 0 Å². The number of carbonyl (C=O) groups is 2. The zero-order valence-electron chi connectivity index (χ0n) is 5.53. The molecule has 0 aromatic carbocycles. The van der Waals surface area contributed by atoms with Gasteiger partial charge in [-0.05, 0) is 6.08 Å². The molecule has 0 bridgehead atoms. The van der Waals surface area contributed by atoms with E-state index in [9.17, 15) is 14.7 Å². The van der Waals surface area contributed by atoms with Crippen molar-refractivity contribution in [2.75, 3.05) is 0 Å². The van der Waals surface area contributed by atoms with E-state index in [0.29, 0.717) is 12.2 Å². The minimum atomic E-state index is -1.51. The van der Waals surface area contributed by atoms with E-state index in [1.807, 2.05) is 0 Å². The molecule has 0 aliphatic heterocycles. The molecule has 0 aliphatic carbocycles. The molecule has 0 fully saturated rings. The second kappa shape index (κ2) is 5.44. The molecule has 0 saturated carbocycles. The molecule has 0 heterocycles. The first-order valence-corrected chi connectivity index (χ1v) is 1.75. The van der Waals surface area contributed by atoms with Crippen LogP contribution in [0, 0.1) is 0 Å². The number of hydrogen-bond donors (Lipinski definition) is 1. The number of carbonyl (C=O) groups excluding carboxylic acids is 1. The molecule has 0 aromatic heterocycles. The SMILES string of the molecule is O=C([O-])/C=C/C(=O)O.[H+].[Zn]. The smallest absolute Gasteiger partial charge is 0.545 e. The van der Waals surface area contributed by atoms with Crippen LogP contribution in [-0.4, -0.2) is 17.0 Å². The van der Waals surface area contributed by atoms with Gasteiger partial charge in [0, 0.05) is 25.6 Å². The maximum Gasteiger partial charge on any atom is 1.00 e. The summed E-state index contributed by atoms with van der Waals surface area (Å²) in [6, 6.07) is 0. The summed E-state index contributed by atoms with van der Waals surface area (Å²) in [5.74, 6) is -2.80. The van der Waals surface area contributed by atoms with Crippen molar-refractivity contribution >= 4 is 11.9 Å². The summed E-state index contributed by atoms with van der Waals surface area (Å²) < 4.78 is 0. The first-order valence-electron chi connectivity index (χ1n) is 1.75. The molecular weight excluding hydrogens is 177 g/mol. The van der Waals surface area contributed by atoms with E-state index in [0.717, 1.165) is 0 Å². The van der Waals surface area contributed by atoms with Gasteiger partial charge in [-0.1, -0.05) is 0 Å². The third-order valence-electron chi connectivity index (χ3n) is 0.362. The fourth-order valence-electron chi connectivity index (χ4n) is 0.139. The largest absolute Gasteiger partial charge is 1.00 e. The molecule has 0 radical (unpaired) electrons. The summed E-state index contributed by atoms with van der Waals surface area (Å²) in [6.45, 7) is 0. The fraction of sp³-hybridized carbons (Fsp3) is 0. The van der Waals surface area contributed by atoms with Gasteiger partial charge in [0.1, 0.15) is 0 Å².